The first-order valence-corrected chi connectivity index (χ1v) is 9.53. The molecule has 0 heterocycles. The van der Waals surface area contributed by atoms with Gasteiger partial charge in [-0.1, -0.05) is 24.3 Å². The maximum absolute atomic E-state index is 12.7. The van der Waals surface area contributed by atoms with Gasteiger partial charge in [-0.2, -0.15) is 0 Å². The highest BCUT2D eigenvalue weighted by molar-refractivity contribution is 6.07. The van der Waals surface area contributed by atoms with E-state index in [1.165, 1.54) is 62.8 Å². The van der Waals surface area contributed by atoms with Gasteiger partial charge in [0.15, 0.2) is 28.8 Å². The fraction of sp³-hybridized carbons (Fsp3) is 0.167. The van der Waals surface area contributed by atoms with Crippen molar-refractivity contribution < 1.29 is 39.5 Å². The average Bonchev–Trinajstić information content (AvgIpc) is 2.77. The normalized spacial score (nSPS) is 12.1. The van der Waals surface area contributed by atoms with Gasteiger partial charge in [0, 0.05) is 12.0 Å². The van der Waals surface area contributed by atoms with Gasteiger partial charge in [0.1, 0.15) is 5.76 Å². The van der Waals surface area contributed by atoms with Crippen molar-refractivity contribution in [1.29, 1.82) is 0 Å². The van der Waals surface area contributed by atoms with Gasteiger partial charge in [0.05, 0.1) is 14.2 Å². The maximum Gasteiger partial charge on any atom is 0.303 e. The summed E-state index contributed by atoms with van der Waals surface area (Å²) in [4.78, 5) is 23.7. The monoisotopic (exact) mass is 440 g/mol. The van der Waals surface area contributed by atoms with Crippen LogP contribution < -0.4 is 9.47 Å². The van der Waals surface area contributed by atoms with Crippen molar-refractivity contribution >= 4 is 23.9 Å². The van der Waals surface area contributed by atoms with E-state index in [1.807, 2.05) is 0 Å². The molecular formula is C24H24O8. The summed E-state index contributed by atoms with van der Waals surface area (Å²) in [5.41, 5.74) is 1.08. The molecule has 0 bridgehead atoms. The maximum atomic E-state index is 12.7. The van der Waals surface area contributed by atoms with Crippen LogP contribution in [0.1, 0.15) is 24.0 Å². The number of aliphatic carboxylic acids is 1. The number of ether oxygens (including phenoxy) is 2. The summed E-state index contributed by atoms with van der Waals surface area (Å²) < 4.78 is 10.1. The predicted molar refractivity (Wildman–Crippen MR) is 119 cm³/mol. The zero-order valence-electron chi connectivity index (χ0n) is 17.6. The summed E-state index contributed by atoms with van der Waals surface area (Å²) in [6.07, 6.45) is 4.93. The van der Waals surface area contributed by atoms with E-state index in [9.17, 15) is 24.9 Å². The van der Waals surface area contributed by atoms with Gasteiger partial charge >= 0.3 is 5.97 Å². The first-order valence-electron chi connectivity index (χ1n) is 9.53. The summed E-state index contributed by atoms with van der Waals surface area (Å²) in [6, 6.07) is 9.05. The minimum Gasteiger partial charge on any atom is -0.508 e. The molecule has 0 aliphatic heterocycles. The van der Waals surface area contributed by atoms with E-state index >= 15 is 0 Å². The highest BCUT2D eigenvalue weighted by Gasteiger charge is 2.14. The topological polar surface area (TPSA) is 134 Å². The van der Waals surface area contributed by atoms with E-state index in [2.05, 4.69) is 0 Å². The Morgan fingerprint density at radius 1 is 0.812 bits per heavy atom. The first-order chi connectivity index (χ1) is 15.2. The van der Waals surface area contributed by atoms with Crippen LogP contribution in [0.5, 0.6) is 23.0 Å². The third kappa shape index (κ3) is 6.66. The number of carboxylic acids is 1. The number of aliphatic hydroxyl groups is 1. The number of aliphatic hydroxyl groups excluding tert-OH is 1. The van der Waals surface area contributed by atoms with Gasteiger partial charge in [-0.15, -0.1) is 0 Å². The van der Waals surface area contributed by atoms with E-state index in [-0.39, 0.29) is 47.2 Å². The summed E-state index contributed by atoms with van der Waals surface area (Å²) in [7, 11) is 2.80. The first kappa shape index (κ1) is 24.1. The highest BCUT2D eigenvalue weighted by Crippen LogP contribution is 2.28. The minimum absolute atomic E-state index is 0.0438. The quantitative estimate of drug-likeness (QED) is 0.247. The van der Waals surface area contributed by atoms with Crippen molar-refractivity contribution in [3.63, 3.8) is 0 Å². The molecule has 0 fully saturated rings. The smallest absolute Gasteiger partial charge is 0.303 e. The van der Waals surface area contributed by atoms with Crippen LogP contribution in [0, 0.1) is 0 Å². The molecule has 168 valence electrons. The molecule has 0 radical (unpaired) electrons. The van der Waals surface area contributed by atoms with Crippen molar-refractivity contribution in [2.75, 3.05) is 14.2 Å². The number of phenolic OH excluding ortho intramolecular Hbond substituents is 2. The van der Waals surface area contributed by atoms with Gasteiger partial charge in [-0.05, 0) is 54.0 Å². The highest BCUT2D eigenvalue weighted by atomic mass is 16.5. The van der Waals surface area contributed by atoms with Crippen molar-refractivity contribution in [3.05, 3.63) is 71.0 Å². The molecule has 0 aliphatic rings. The molecule has 32 heavy (non-hydrogen) atoms. The van der Waals surface area contributed by atoms with Crippen LogP contribution >= 0.6 is 0 Å². The molecule has 2 aromatic rings. The number of hydrogen-bond donors (Lipinski definition) is 4. The second kappa shape index (κ2) is 11.3. The molecule has 8 heteroatoms. The number of methoxy groups -OCH3 is 2. The van der Waals surface area contributed by atoms with Gasteiger partial charge in [-0.3, -0.25) is 9.59 Å². The molecule has 2 aromatic carbocycles. The van der Waals surface area contributed by atoms with Crippen LogP contribution in [0.2, 0.25) is 0 Å². The number of carboxylic acid groups (broad SMARTS) is 1. The number of ketones is 1. The van der Waals surface area contributed by atoms with E-state index in [0.29, 0.717) is 11.1 Å². The van der Waals surface area contributed by atoms with Crippen molar-refractivity contribution in [2.24, 2.45) is 0 Å². The van der Waals surface area contributed by atoms with Crippen LogP contribution in [-0.2, 0) is 9.59 Å². The van der Waals surface area contributed by atoms with Crippen LogP contribution in [0.4, 0.5) is 0 Å². The molecule has 4 N–H and O–H groups in total. The Morgan fingerprint density at radius 2 is 1.31 bits per heavy atom. The molecular weight excluding hydrogens is 416 g/mol. The Labute approximate surface area is 185 Å². The molecule has 0 atom stereocenters. The lowest BCUT2D eigenvalue weighted by Gasteiger charge is -2.06. The largest absolute Gasteiger partial charge is 0.508 e. The van der Waals surface area contributed by atoms with Gasteiger partial charge in [0.25, 0.3) is 0 Å². The summed E-state index contributed by atoms with van der Waals surface area (Å²) in [5.74, 6) is -1.67. The Kier molecular flexibility index (Phi) is 8.47. The Hall–Kier alpha value is -4.20. The third-order valence-electron chi connectivity index (χ3n) is 4.46. The predicted octanol–water partition coefficient (Wildman–Crippen LogP) is 4.09. The number of benzene rings is 2. The summed E-state index contributed by atoms with van der Waals surface area (Å²) >= 11 is 0. The summed E-state index contributed by atoms with van der Waals surface area (Å²) in [5, 5.41) is 38.8. The van der Waals surface area contributed by atoms with Crippen molar-refractivity contribution in [2.45, 2.75) is 12.8 Å². The number of aromatic hydroxyl groups is 2. The van der Waals surface area contributed by atoms with Crippen LogP contribution in [0.25, 0.3) is 12.2 Å². The van der Waals surface area contributed by atoms with Crippen LogP contribution in [0.3, 0.4) is 0 Å². The Morgan fingerprint density at radius 3 is 1.78 bits per heavy atom. The standard InChI is InChI=1S/C24H24O8/c1-31-22-13-15(5-10-20(22)27)3-8-18(25)17(7-12-24(29)30)19(26)9-4-16-6-11-21(28)23(14-16)32-2/h3-6,8-11,13-14,25,27-28H,7,12H2,1-2H3,(H,29,30)/b8-3+,9-4+,18-17-. The number of hydrogen-bond acceptors (Lipinski definition) is 7. The molecule has 0 unspecified atom stereocenters. The molecule has 0 spiro atoms. The Bertz CT molecular complexity index is 1080. The lowest BCUT2D eigenvalue weighted by atomic mass is 10.0. The van der Waals surface area contributed by atoms with Crippen LogP contribution in [0.15, 0.2) is 59.9 Å². The second-order valence-corrected chi connectivity index (χ2v) is 6.65. The molecule has 8 nitrogen and oxygen atoms in total. The van der Waals surface area contributed by atoms with Crippen LogP contribution in [-0.4, -0.2) is 46.4 Å². The van der Waals surface area contributed by atoms with Gasteiger partial charge < -0.3 is 29.9 Å². The lowest BCUT2D eigenvalue weighted by molar-refractivity contribution is -0.136. The fourth-order valence-corrected chi connectivity index (χ4v) is 2.75. The third-order valence-corrected chi connectivity index (χ3v) is 4.46. The second-order valence-electron chi connectivity index (χ2n) is 6.65. The number of allylic oxidation sites excluding steroid dienone is 3. The molecule has 0 saturated heterocycles. The fourth-order valence-electron chi connectivity index (χ4n) is 2.75. The number of rotatable bonds is 10. The van der Waals surface area contributed by atoms with E-state index in [4.69, 9.17) is 14.6 Å². The molecule has 0 aliphatic carbocycles. The van der Waals surface area contributed by atoms with E-state index in [0.717, 1.165) is 0 Å². The Balaban J connectivity index is 2.31. The number of carbonyl (C=O) groups is 2. The number of carbonyl (C=O) groups excluding carboxylic acids is 1. The van der Waals surface area contributed by atoms with E-state index < -0.39 is 11.8 Å². The van der Waals surface area contributed by atoms with Crippen molar-refractivity contribution in [1.82, 2.24) is 0 Å². The number of phenols is 2. The molecule has 2 rings (SSSR count). The van der Waals surface area contributed by atoms with E-state index in [1.54, 1.807) is 12.1 Å². The molecule has 0 saturated carbocycles. The molecule has 0 aromatic heterocycles. The van der Waals surface area contributed by atoms with Crippen molar-refractivity contribution in [3.8, 4) is 23.0 Å². The van der Waals surface area contributed by atoms with Gasteiger partial charge in [0.2, 0.25) is 0 Å². The minimum atomic E-state index is -1.11. The zero-order chi connectivity index (χ0) is 23.7. The average molecular weight is 440 g/mol. The van der Waals surface area contributed by atoms with Gasteiger partial charge in [-0.25, -0.2) is 0 Å². The lowest BCUT2D eigenvalue weighted by Crippen LogP contribution is -2.05. The molecule has 0 amide bonds. The SMILES string of the molecule is COc1cc(/C=C/C(=O)/C(CCC(=O)O)=C(O)/C=C/c2ccc(O)c(OC)c2)ccc1O. The summed E-state index contributed by atoms with van der Waals surface area (Å²) in [6.45, 7) is 0. The zero-order valence-corrected chi connectivity index (χ0v) is 17.6.